The molecule has 46 heavy (non-hydrogen) atoms. The molecule has 0 bridgehead atoms. The molecule has 0 fully saturated rings. The maximum Gasteiger partial charge on any atom is 0.256 e. The molecule has 1 aromatic rings. The van der Waals surface area contributed by atoms with E-state index in [2.05, 4.69) is 42.3 Å². The Hall–Kier alpha value is -0.790. The number of aromatic nitrogens is 2. The Morgan fingerprint density at radius 2 is 0.674 bits per heavy atom. The van der Waals surface area contributed by atoms with Crippen LogP contribution in [-0.2, 0) is 19.5 Å². The molecule has 0 radical (unpaired) electrons. The van der Waals surface area contributed by atoms with Gasteiger partial charge < -0.3 is 0 Å². The molecule has 0 aliphatic carbocycles. The lowest BCUT2D eigenvalue weighted by Gasteiger charge is -2.07. The molecule has 1 aromatic heterocycles. The van der Waals surface area contributed by atoms with Crippen molar-refractivity contribution < 1.29 is 4.57 Å². The van der Waals surface area contributed by atoms with Gasteiger partial charge in [-0.05, 0) is 32.1 Å². The second-order valence-electron chi connectivity index (χ2n) is 15.2. The maximum atomic E-state index is 2.64. The third kappa shape index (κ3) is 27.2. The first-order chi connectivity index (χ1) is 22.8. The number of imidazole rings is 1. The summed E-state index contributed by atoms with van der Waals surface area (Å²) < 4.78 is 5.29. The molecule has 0 spiro atoms. The van der Waals surface area contributed by atoms with Crippen LogP contribution in [0.5, 0.6) is 0 Å². The molecule has 272 valence electrons. The van der Waals surface area contributed by atoms with Crippen molar-refractivity contribution in [2.24, 2.45) is 0 Å². The quantitative estimate of drug-likeness (QED) is 0.0501. The van der Waals surface area contributed by atoms with Crippen molar-refractivity contribution >= 4 is 0 Å². The maximum absolute atomic E-state index is 2.64. The van der Waals surface area contributed by atoms with E-state index in [1.165, 1.54) is 244 Å². The summed E-state index contributed by atoms with van der Waals surface area (Å²) in [6.07, 6.45) is 56.3. The molecule has 0 N–H and O–H groups in total. The van der Waals surface area contributed by atoms with Gasteiger partial charge in [-0.2, -0.15) is 0 Å². The molecule has 1 heterocycles. The fourth-order valence-corrected chi connectivity index (χ4v) is 7.39. The van der Waals surface area contributed by atoms with Crippen molar-refractivity contribution in [2.45, 2.75) is 265 Å². The van der Waals surface area contributed by atoms with Gasteiger partial charge in [0.2, 0.25) is 0 Å². The average molecular weight is 644 g/mol. The third-order valence-corrected chi connectivity index (χ3v) is 10.6. The van der Waals surface area contributed by atoms with Gasteiger partial charge in [0.15, 0.2) is 0 Å². The first-order valence-corrected chi connectivity index (χ1v) is 21.9. The largest absolute Gasteiger partial charge is 0.256 e. The molecule has 0 atom stereocenters. The topological polar surface area (TPSA) is 8.81 Å². The third-order valence-electron chi connectivity index (χ3n) is 10.6. The van der Waals surface area contributed by atoms with Gasteiger partial charge in [-0.25, -0.2) is 9.13 Å². The van der Waals surface area contributed by atoms with Crippen LogP contribution in [0.3, 0.4) is 0 Å². The van der Waals surface area contributed by atoms with Gasteiger partial charge in [0.1, 0.15) is 12.4 Å². The van der Waals surface area contributed by atoms with E-state index >= 15 is 0 Å². The minimum absolute atomic E-state index is 1.23. The Labute approximate surface area is 291 Å². The van der Waals surface area contributed by atoms with Crippen LogP contribution in [0.1, 0.15) is 251 Å². The monoisotopic (exact) mass is 644 g/mol. The summed E-state index contributed by atoms with van der Waals surface area (Å²) >= 11 is 0. The van der Waals surface area contributed by atoms with Crippen LogP contribution in [-0.4, -0.2) is 4.57 Å². The lowest BCUT2D eigenvalue weighted by atomic mass is 10.0. The first-order valence-electron chi connectivity index (χ1n) is 21.9. The highest BCUT2D eigenvalue weighted by molar-refractivity contribution is 4.84. The number of nitrogens with zero attached hydrogens (tertiary/aromatic N) is 2. The number of hydrogen-bond donors (Lipinski definition) is 0. The molecule has 2 nitrogen and oxygen atoms in total. The van der Waals surface area contributed by atoms with Gasteiger partial charge in [0, 0.05) is 6.42 Å². The van der Waals surface area contributed by atoms with Crippen LogP contribution in [0.15, 0.2) is 12.4 Å². The van der Waals surface area contributed by atoms with Crippen LogP contribution in [0.25, 0.3) is 0 Å². The summed E-state index contributed by atoms with van der Waals surface area (Å²) in [5, 5.41) is 0. The number of aryl methyl sites for hydroxylation is 2. The normalized spacial score (nSPS) is 11.6. The van der Waals surface area contributed by atoms with E-state index in [0.717, 1.165) is 0 Å². The van der Waals surface area contributed by atoms with Gasteiger partial charge >= 0.3 is 0 Å². The first kappa shape index (κ1) is 43.2. The average Bonchev–Trinajstić information content (AvgIpc) is 3.45. The predicted molar refractivity (Wildman–Crippen MR) is 207 cm³/mol. The van der Waals surface area contributed by atoms with Gasteiger partial charge in [0.25, 0.3) is 5.82 Å². The van der Waals surface area contributed by atoms with E-state index in [4.69, 9.17) is 0 Å². The van der Waals surface area contributed by atoms with Crippen molar-refractivity contribution in [1.82, 2.24) is 4.57 Å². The van der Waals surface area contributed by atoms with Gasteiger partial charge in [-0.1, -0.05) is 213 Å². The Bertz CT molecular complexity index is 707. The predicted octanol–water partition coefficient (Wildman–Crippen LogP) is 15.0. The number of unbranched alkanes of at least 4 members (excludes halogenated alkanes) is 32. The van der Waals surface area contributed by atoms with E-state index in [-0.39, 0.29) is 0 Å². The molecule has 0 aromatic carbocycles. The summed E-state index contributed by atoms with van der Waals surface area (Å²) in [6.45, 7) is 9.41. The van der Waals surface area contributed by atoms with Gasteiger partial charge in [-0.3, -0.25) is 0 Å². The zero-order valence-electron chi connectivity index (χ0n) is 32.4. The standard InChI is InChI=1S/C44H87N2/c1-4-7-10-13-16-19-21-23-25-27-29-32-35-38-41-46-43-42-45(44(46)39-36-33-30-18-15-12-9-6-3)40-37-34-31-28-26-24-22-20-17-14-11-8-5-2/h42-43H,4-41H2,1-3H3/q+1. The molecule has 1 rings (SSSR count). The van der Waals surface area contributed by atoms with Crippen LogP contribution in [0, 0.1) is 0 Å². The van der Waals surface area contributed by atoms with E-state index in [1.807, 2.05) is 0 Å². The van der Waals surface area contributed by atoms with E-state index in [1.54, 1.807) is 5.82 Å². The van der Waals surface area contributed by atoms with Gasteiger partial charge in [0.05, 0.1) is 13.1 Å². The fourth-order valence-electron chi connectivity index (χ4n) is 7.39. The van der Waals surface area contributed by atoms with Gasteiger partial charge in [-0.15, -0.1) is 0 Å². The second kappa shape index (κ2) is 35.5. The van der Waals surface area contributed by atoms with Crippen LogP contribution < -0.4 is 4.57 Å². The Balaban J connectivity index is 2.25. The second-order valence-corrected chi connectivity index (χ2v) is 15.2. The molecule has 0 saturated heterocycles. The lowest BCUT2D eigenvalue weighted by molar-refractivity contribution is -0.704. The SMILES string of the molecule is CCCCCCCCCCCCCCCC[n+]1ccn(CCCCCCCCCCCCCCC)c1CCCCCCCCCC. The molecule has 0 aliphatic heterocycles. The molecule has 0 aliphatic rings. The van der Waals surface area contributed by atoms with E-state index in [9.17, 15) is 0 Å². The highest BCUT2D eigenvalue weighted by atomic mass is 15.1. The molecular weight excluding hydrogens is 556 g/mol. The Morgan fingerprint density at radius 3 is 1.04 bits per heavy atom. The van der Waals surface area contributed by atoms with Crippen LogP contribution in [0.2, 0.25) is 0 Å². The van der Waals surface area contributed by atoms with Crippen molar-refractivity contribution in [3.63, 3.8) is 0 Å². The van der Waals surface area contributed by atoms with Crippen molar-refractivity contribution in [1.29, 1.82) is 0 Å². The number of rotatable bonds is 38. The molecule has 2 heteroatoms. The minimum atomic E-state index is 1.23. The smallest absolute Gasteiger partial charge is 0.234 e. The molecule has 0 amide bonds. The summed E-state index contributed by atoms with van der Waals surface area (Å²) in [4.78, 5) is 0. The van der Waals surface area contributed by atoms with Crippen LogP contribution in [0.4, 0.5) is 0 Å². The number of hydrogen-bond acceptors (Lipinski definition) is 0. The van der Waals surface area contributed by atoms with E-state index < -0.39 is 0 Å². The zero-order chi connectivity index (χ0) is 33.0. The highest BCUT2D eigenvalue weighted by Gasteiger charge is 2.16. The molecule has 0 unspecified atom stereocenters. The summed E-state index contributed by atoms with van der Waals surface area (Å²) in [7, 11) is 0. The van der Waals surface area contributed by atoms with Crippen molar-refractivity contribution in [2.75, 3.05) is 0 Å². The highest BCUT2D eigenvalue weighted by Crippen LogP contribution is 2.16. The summed E-state index contributed by atoms with van der Waals surface area (Å²) in [5.41, 5.74) is 0. The lowest BCUT2D eigenvalue weighted by Crippen LogP contribution is -2.37. The van der Waals surface area contributed by atoms with E-state index in [0.29, 0.717) is 0 Å². The van der Waals surface area contributed by atoms with Crippen LogP contribution >= 0.6 is 0 Å². The zero-order valence-corrected chi connectivity index (χ0v) is 32.4. The summed E-state index contributed by atoms with van der Waals surface area (Å²) in [5.74, 6) is 1.62. The Kier molecular flexibility index (Phi) is 33.4. The molecule has 0 saturated carbocycles. The molecular formula is C44H87N2+. The summed E-state index contributed by atoms with van der Waals surface area (Å²) in [6, 6.07) is 0. The van der Waals surface area contributed by atoms with Crippen molar-refractivity contribution in [3.05, 3.63) is 18.2 Å². The Morgan fingerprint density at radius 1 is 0.370 bits per heavy atom. The fraction of sp³-hybridized carbons (Fsp3) is 0.932. The van der Waals surface area contributed by atoms with Crippen molar-refractivity contribution in [3.8, 4) is 0 Å². The minimum Gasteiger partial charge on any atom is -0.234 e.